The van der Waals surface area contributed by atoms with Gasteiger partial charge in [0.05, 0.1) is 11.1 Å². The summed E-state index contributed by atoms with van der Waals surface area (Å²) in [6.07, 6.45) is 4.65. The maximum Gasteiger partial charge on any atom is 0.223 e. The molecule has 0 spiro atoms. The average Bonchev–Trinajstić information content (AvgIpc) is 2.34. The smallest absolute Gasteiger partial charge is 0.223 e. The van der Waals surface area contributed by atoms with Gasteiger partial charge in [0.15, 0.2) is 0 Å². The van der Waals surface area contributed by atoms with Crippen LogP contribution in [0.2, 0.25) is 0 Å². The largest absolute Gasteiger partial charge is 0.388 e. The second kappa shape index (κ2) is 3.96. The quantitative estimate of drug-likeness (QED) is 0.844. The Balaban J connectivity index is 1.76. The Morgan fingerprint density at radius 2 is 2.12 bits per heavy atom. The minimum absolute atomic E-state index is 0.533. The van der Waals surface area contributed by atoms with E-state index in [4.69, 9.17) is 0 Å². The molecule has 1 fully saturated rings. The molecule has 2 N–H and O–H groups in total. The predicted octanol–water partition coefficient (Wildman–Crippen LogP) is 1.96. The van der Waals surface area contributed by atoms with E-state index in [0.717, 1.165) is 30.2 Å². The zero-order chi connectivity index (χ0) is 11.7. The molecule has 88 valence electrons. The Labute approximate surface area is 99.7 Å². The lowest BCUT2D eigenvalue weighted by Gasteiger charge is -2.36. The van der Waals surface area contributed by atoms with Crippen molar-refractivity contribution in [3.63, 3.8) is 0 Å². The average molecular weight is 229 g/mol. The molecule has 1 aliphatic rings. The third kappa shape index (κ3) is 2.08. The molecule has 4 heteroatoms. The fourth-order valence-corrected chi connectivity index (χ4v) is 2.06. The molecule has 1 aromatic carbocycles. The maximum atomic E-state index is 9.97. The van der Waals surface area contributed by atoms with Crippen molar-refractivity contribution >= 4 is 16.9 Å². The molecule has 0 atom stereocenters. The summed E-state index contributed by atoms with van der Waals surface area (Å²) in [5.41, 5.74) is 0.375. The summed E-state index contributed by atoms with van der Waals surface area (Å²) in [6, 6.07) is 7.87. The first-order valence-electron chi connectivity index (χ1n) is 5.93. The number of hydrogen-bond acceptors (Lipinski definition) is 4. The van der Waals surface area contributed by atoms with E-state index in [1.54, 1.807) is 6.20 Å². The zero-order valence-corrected chi connectivity index (χ0v) is 9.56. The van der Waals surface area contributed by atoms with Crippen LogP contribution in [-0.4, -0.2) is 27.2 Å². The Bertz CT molecular complexity index is 537. The van der Waals surface area contributed by atoms with Gasteiger partial charge in [-0.05, 0) is 25.3 Å². The van der Waals surface area contributed by atoms with Crippen molar-refractivity contribution in [2.24, 2.45) is 0 Å². The van der Waals surface area contributed by atoms with Gasteiger partial charge in [-0.3, -0.25) is 0 Å². The van der Waals surface area contributed by atoms with Crippen LogP contribution < -0.4 is 5.32 Å². The van der Waals surface area contributed by atoms with Crippen LogP contribution in [0.15, 0.2) is 30.5 Å². The van der Waals surface area contributed by atoms with Gasteiger partial charge in [-0.1, -0.05) is 18.2 Å². The number of hydrogen-bond donors (Lipinski definition) is 2. The molecule has 0 bridgehead atoms. The molecular formula is C13H15N3O. The predicted molar refractivity (Wildman–Crippen MR) is 66.8 cm³/mol. The lowest BCUT2D eigenvalue weighted by Crippen LogP contribution is -2.43. The van der Waals surface area contributed by atoms with E-state index in [2.05, 4.69) is 15.3 Å². The molecule has 3 rings (SSSR count). The first-order chi connectivity index (χ1) is 8.25. The number of para-hydroxylation sites is 1. The summed E-state index contributed by atoms with van der Waals surface area (Å²) < 4.78 is 0. The van der Waals surface area contributed by atoms with Crippen molar-refractivity contribution in [3.05, 3.63) is 30.5 Å². The molecule has 1 aliphatic carbocycles. The molecule has 4 nitrogen and oxygen atoms in total. The summed E-state index contributed by atoms with van der Waals surface area (Å²) >= 11 is 0. The second-order valence-corrected chi connectivity index (χ2v) is 4.68. The minimum atomic E-state index is -0.547. The first kappa shape index (κ1) is 10.5. The van der Waals surface area contributed by atoms with Gasteiger partial charge in [-0.15, -0.1) is 0 Å². The fraction of sp³-hybridized carbons (Fsp3) is 0.385. The molecule has 0 saturated heterocycles. The van der Waals surface area contributed by atoms with Crippen LogP contribution in [-0.2, 0) is 0 Å². The molecule has 1 heterocycles. The van der Waals surface area contributed by atoms with Crippen molar-refractivity contribution in [1.82, 2.24) is 9.97 Å². The van der Waals surface area contributed by atoms with Crippen molar-refractivity contribution in [2.75, 3.05) is 11.9 Å². The highest BCUT2D eigenvalue weighted by Crippen LogP contribution is 2.31. The van der Waals surface area contributed by atoms with E-state index >= 15 is 0 Å². The van der Waals surface area contributed by atoms with Gasteiger partial charge in [0.1, 0.15) is 0 Å². The molecule has 0 unspecified atom stereocenters. The van der Waals surface area contributed by atoms with Gasteiger partial charge in [0.25, 0.3) is 0 Å². The highest BCUT2D eigenvalue weighted by atomic mass is 16.3. The Hall–Kier alpha value is -1.68. The van der Waals surface area contributed by atoms with Gasteiger partial charge in [-0.25, -0.2) is 9.97 Å². The number of nitrogens with zero attached hydrogens (tertiary/aromatic N) is 2. The van der Waals surface area contributed by atoms with Crippen LogP contribution in [0.3, 0.4) is 0 Å². The summed E-state index contributed by atoms with van der Waals surface area (Å²) in [5, 5.41) is 14.1. The summed E-state index contributed by atoms with van der Waals surface area (Å²) in [4.78, 5) is 8.64. The summed E-state index contributed by atoms with van der Waals surface area (Å²) in [7, 11) is 0. The number of benzene rings is 1. The second-order valence-electron chi connectivity index (χ2n) is 4.68. The molecule has 0 radical (unpaired) electrons. The summed E-state index contributed by atoms with van der Waals surface area (Å²) in [5.74, 6) is 0.587. The number of rotatable bonds is 3. The van der Waals surface area contributed by atoms with Crippen molar-refractivity contribution in [3.8, 4) is 0 Å². The lowest BCUT2D eigenvalue weighted by atomic mass is 9.80. The standard InChI is InChI=1S/C13H15N3O/c17-13(6-3-7-13)9-15-12-14-8-10-4-1-2-5-11(10)16-12/h1-2,4-5,8,17H,3,6-7,9H2,(H,14,15,16). The molecular weight excluding hydrogens is 214 g/mol. The molecule has 1 aromatic heterocycles. The van der Waals surface area contributed by atoms with Gasteiger partial charge in [-0.2, -0.15) is 0 Å². The topological polar surface area (TPSA) is 58.0 Å². The van der Waals surface area contributed by atoms with E-state index in [0.29, 0.717) is 12.5 Å². The minimum Gasteiger partial charge on any atom is -0.388 e. The van der Waals surface area contributed by atoms with Crippen LogP contribution in [0.1, 0.15) is 19.3 Å². The normalized spacial score (nSPS) is 17.7. The summed E-state index contributed by atoms with van der Waals surface area (Å²) in [6.45, 7) is 0.533. The number of nitrogens with one attached hydrogen (secondary N) is 1. The third-order valence-corrected chi connectivity index (χ3v) is 3.35. The zero-order valence-electron chi connectivity index (χ0n) is 9.56. The van der Waals surface area contributed by atoms with Crippen molar-refractivity contribution in [1.29, 1.82) is 0 Å². The maximum absolute atomic E-state index is 9.97. The van der Waals surface area contributed by atoms with Crippen molar-refractivity contribution < 1.29 is 5.11 Å². The molecule has 0 aliphatic heterocycles. The monoisotopic (exact) mass is 229 g/mol. The number of aromatic nitrogens is 2. The van der Waals surface area contributed by atoms with E-state index in [9.17, 15) is 5.11 Å². The molecule has 0 amide bonds. The third-order valence-electron chi connectivity index (χ3n) is 3.35. The van der Waals surface area contributed by atoms with Crippen LogP contribution in [0.5, 0.6) is 0 Å². The molecule has 17 heavy (non-hydrogen) atoms. The van der Waals surface area contributed by atoms with E-state index in [-0.39, 0.29) is 0 Å². The fourth-order valence-electron chi connectivity index (χ4n) is 2.06. The number of aliphatic hydroxyl groups is 1. The SMILES string of the molecule is OC1(CNc2ncc3ccccc3n2)CCC1. The Kier molecular flexibility index (Phi) is 2.44. The van der Waals surface area contributed by atoms with Crippen molar-refractivity contribution in [2.45, 2.75) is 24.9 Å². The van der Waals surface area contributed by atoms with Crippen LogP contribution in [0.25, 0.3) is 10.9 Å². The van der Waals surface area contributed by atoms with Gasteiger partial charge >= 0.3 is 0 Å². The van der Waals surface area contributed by atoms with Crippen LogP contribution >= 0.6 is 0 Å². The van der Waals surface area contributed by atoms with Crippen LogP contribution in [0, 0.1) is 0 Å². The number of anilines is 1. The first-order valence-corrected chi connectivity index (χ1v) is 5.93. The van der Waals surface area contributed by atoms with Gasteiger partial charge in [0, 0.05) is 18.1 Å². The highest BCUT2D eigenvalue weighted by Gasteiger charge is 2.34. The Morgan fingerprint density at radius 3 is 2.88 bits per heavy atom. The Morgan fingerprint density at radius 1 is 1.29 bits per heavy atom. The van der Waals surface area contributed by atoms with Crippen LogP contribution in [0.4, 0.5) is 5.95 Å². The number of fused-ring (bicyclic) bond motifs is 1. The van der Waals surface area contributed by atoms with E-state index < -0.39 is 5.60 Å². The molecule has 2 aromatic rings. The lowest BCUT2D eigenvalue weighted by molar-refractivity contribution is -0.0203. The van der Waals surface area contributed by atoms with E-state index in [1.807, 2.05) is 24.3 Å². The molecule has 1 saturated carbocycles. The highest BCUT2D eigenvalue weighted by molar-refractivity contribution is 5.78. The van der Waals surface area contributed by atoms with Gasteiger partial charge < -0.3 is 10.4 Å². The van der Waals surface area contributed by atoms with Gasteiger partial charge in [0.2, 0.25) is 5.95 Å². The van der Waals surface area contributed by atoms with E-state index in [1.165, 1.54) is 0 Å².